The van der Waals surface area contributed by atoms with Crippen LogP contribution in [0.5, 0.6) is 0 Å². The van der Waals surface area contributed by atoms with Crippen molar-refractivity contribution in [2.24, 2.45) is 5.92 Å². The van der Waals surface area contributed by atoms with Crippen LogP contribution in [0, 0.1) is 5.92 Å². The summed E-state index contributed by atoms with van der Waals surface area (Å²) in [6, 6.07) is 9.09. The lowest BCUT2D eigenvalue weighted by atomic mass is 9.90. The molecule has 1 heterocycles. The molecule has 0 aliphatic carbocycles. The molecule has 1 fully saturated rings. The Balaban J connectivity index is 2.08. The molecule has 2 nitrogen and oxygen atoms in total. The molecule has 1 aliphatic rings. The number of nitrogens with one attached hydrogen (secondary N) is 1. The zero-order valence-corrected chi connectivity index (χ0v) is 13.7. The van der Waals surface area contributed by atoms with Crippen LogP contribution in [0.1, 0.15) is 52.1 Å². The second-order valence-electron chi connectivity index (χ2n) is 6.74. The summed E-state index contributed by atoms with van der Waals surface area (Å²) in [5, 5.41) is 4.62. The fourth-order valence-electron chi connectivity index (χ4n) is 2.97. The van der Waals surface area contributed by atoms with Crippen LogP contribution in [0.4, 0.5) is 0 Å². The zero-order valence-electron chi connectivity index (χ0n) is 12.9. The molecule has 0 saturated carbocycles. The van der Waals surface area contributed by atoms with Crippen LogP contribution in [0.3, 0.4) is 0 Å². The van der Waals surface area contributed by atoms with Crippen LogP contribution >= 0.6 is 11.6 Å². The molecular weight excluding hydrogens is 270 g/mol. The molecule has 2 atom stereocenters. The van der Waals surface area contributed by atoms with Gasteiger partial charge in [-0.25, -0.2) is 0 Å². The number of hydrogen-bond donors (Lipinski definition) is 1. The van der Waals surface area contributed by atoms with E-state index in [-0.39, 0.29) is 5.60 Å². The van der Waals surface area contributed by atoms with E-state index in [0.29, 0.717) is 18.0 Å². The molecule has 1 aromatic carbocycles. The Hall–Kier alpha value is -0.570. The molecule has 0 spiro atoms. The van der Waals surface area contributed by atoms with Gasteiger partial charge in [0.25, 0.3) is 0 Å². The maximum atomic E-state index is 5.99. The van der Waals surface area contributed by atoms with E-state index in [2.05, 4.69) is 45.1 Å². The third kappa shape index (κ3) is 4.21. The summed E-state index contributed by atoms with van der Waals surface area (Å²) in [6.07, 6.45) is 2.14. The van der Waals surface area contributed by atoms with Crippen LogP contribution < -0.4 is 5.32 Å². The molecule has 112 valence electrons. The summed E-state index contributed by atoms with van der Waals surface area (Å²) in [4.78, 5) is 0. The van der Waals surface area contributed by atoms with Crippen molar-refractivity contribution < 1.29 is 4.74 Å². The van der Waals surface area contributed by atoms with Gasteiger partial charge in [0, 0.05) is 23.7 Å². The summed E-state index contributed by atoms with van der Waals surface area (Å²) < 4.78 is 5.80. The molecule has 1 N–H and O–H groups in total. The van der Waals surface area contributed by atoms with Crippen molar-refractivity contribution in [1.82, 2.24) is 5.32 Å². The lowest BCUT2D eigenvalue weighted by molar-refractivity contribution is -0.0648. The van der Waals surface area contributed by atoms with Gasteiger partial charge in [-0.1, -0.05) is 37.6 Å². The normalized spacial score (nSPS) is 23.8. The molecule has 0 amide bonds. The van der Waals surface area contributed by atoms with Crippen LogP contribution in [0.2, 0.25) is 5.02 Å². The molecule has 2 rings (SSSR count). The molecule has 20 heavy (non-hydrogen) atoms. The first-order valence-electron chi connectivity index (χ1n) is 7.53. The maximum Gasteiger partial charge on any atom is 0.0641 e. The Morgan fingerprint density at radius 1 is 1.25 bits per heavy atom. The average Bonchev–Trinajstić information content (AvgIpc) is 2.36. The van der Waals surface area contributed by atoms with E-state index < -0.39 is 0 Å². The predicted molar refractivity (Wildman–Crippen MR) is 85.2 cm³/mol. The maximum absolute atomic E-state index is 5.99. The van der Waals surface area contributed by atoms with E-state index in [1.165, 1.54) is 5.56 Å². The molecule has 2 unspecified atom stereocenters. The zero-order chi connectivity index (χ0) is 14.8. The van der Waals surface area contributed by atoms with Crippen molar-refractivity contribution in [2.75, 3.05) is 6.61 Å². The van der Waals surface area contributed by atoms with Gasteiger partial charge in [0.2, 0.25) is 0 Å². The van der Waals surface area contributed by atoms with E-state index in [9.17, 15) is 0 Å². The Morgan fingerprint density at radius 3 is 2.45 bits per heavy atom. The minimum atomic E-state index is -0.0164. The van der Waals surface area contributed by atoms with Crippen molar-refractivity contribution >= 4 is 11.6 Å². The molecule has 1 aromatic rings. The summed E-state index contributed by atoms with van der Waals surface area (Å²) in [5.74, 6) is 0.544. The topological polar surface area (TPSA) is 21.3 Å². The second-order valence-corrected chi connectivity index (χ2v) is 7.17. The van der Waals surface area contributed by atoms with Crippen LogP contribution in [0.25, 0.3) is 0 Å². The summed E-state index contributed by atoms with van der Waals surface area (Å²) in [7, 11) is 0. The summed E-state index contributed by atoms with van der Waals surface area (Å²) in [5.41, 5.74) is 1.30. The smallest absolute Gasteiger partial charge is 0.0641 e. The third-order valence-electron chi connectivity index (χ3n) is 4.01. The van der Waals surface area contributed by atoms with E-state index in [1.807, 2.05) is 12.1 Å². The highest BCUT2D eigenvalue weighted by Crippen LogP contribution is 2.29. The fraction of sp³-hybridized carbons (Fsp3) is 0.647. The van der Waals surface area contributed by atoms with Crippen molar-refractivity contribution in [3.63, 3.8) is 0 Å². The van der Waals surface area contributed by atoms with E-state index in [1.54, 1.807) is 0 Å². The molecule has 0 aromatic heterocycles. The minimum absolute atomic E-state index is 0.0164. The molecule has 1 saturated heterocycles. The molecule has 1 aliphatic heterocycles. The number of halogens is 1. The van der Waals surface area contributed by atoms with Crippen LogP contribution in [0.15, 0.2) is 24.3 Å². The first kappa shape index (κ1) is 15.8. The van der Waals surface area contributed by atoms with Crippen molar-refractivity contribution in [3.8, 4) is 0 Å². The van der Waals surface area contributed by atoms with Gasteiger partial charge in [0.05, 0.1) is 5.60 Å². The Kier molecular flexibility index (Phi) is 5.11. The molecule has 0 bridgehead atoms. The van der Waals surface area contributed by atoms with Gasteiger partial charge in [-0.3, -0.25) is 0 Å². The highest BCUT2D eigenvalue weighted by molar-refractivity contribution is 6.30. The highest BCUT2D eigenvalue weighted by Gasteiger charge is 2.30. The third-order valence-corrected chi connectivity index (χ3v) is 4.26. The van der Waals surface area contributed by atoms with Crippen LogP contribution in [-0.4, -0.2) is 18.2 Å². The van der Waals surface area contributed by atoms with Crippen molar-refractivity contribution in [3.05, 3.63) is 34.9 Å². The van der Waals surface area contributed by atoms with Gasteiger partial charge in [-0.15, -0.1) is 0 Å². The largest absolute Gasteiger partial charge is 0.375 e. The van der Waals surface area contributed by atoms with Crippen molar-refractivity contribution in [1.29, 1.82) is 0 Å². The first-order valence-corrected chi connectivity index (χ1v) is 7.91. The fourth-order valence-corrected chi connectivity index (χ4v) is 3.10. The van der Waals surface area contributed by atoms with E-state index in [4.69, 9.17) is 16.3 Å². The Labute approximate surface area is 127 Å². The van der Waals surface area contributed by atoms with E-state index >= 15 is 0 Å². The second kappa shape index (κ2) is 6.46. The Morgan fingerprint density at radius 2 is 1.90 bits per heavy atom. The van der Waals surface area contributed by atoms with Gasteiger partial charge in [-0.05, 0) is 50.3 Å². The van der Waals surface area contributed by atoms with Crippen molar-refractivity contribution in [2.45, 2.75) is 58.2 Å². The monoisotopic (exact) mass is 295 g/mol. The number of hydrogen-bond acceptors (Lipinski definition) is 2. The number of ether oxygens (including phenoxy) is 1. The van der Waals surface area contributed by atoms with E-state index in [0.717, 1.165) is 24.5 Å². The summed E-state index contributed by atoms with van der Waals surface area (Å²) in [6.45, 7) is 9.71. The number of benzene rings is 1. The quantitative estimate of drug-likeness (QED) is 0.877. The molecular formula is C17H26ClNO. The van der Waals surface area contributed by atoms with Gasteiger partial charge >= 0.3 is 0 Å². The average molecular weight is 296 g/mol. The lowest BCUT2D eigenvalue weighted by Gasteiger charge is -2.38. The number of rotatable bonds is 4. The predicted octanol–water partition coefficient (Wildman–Crippen LogP) is 4.58. The molecule has 3 heteroatoms. The van der Waals surface area contributed by atoms with Gasteiger partial charge in [-0.2, -0.15) is 0 Å². The SMILES string of the molecule is CC(C)C(NC1CCOC(C)(C)C1)c1ccc(Cl)cc1. The van der Waals surface area contributed by atoms with Gasteiger partial charge in [0.1, 0.15) is 0 Å². The van der Waals surface area contributed by atoms with Crippen LogP contribution in [-0.2, 0) is 4.74 Å². The standard InChI is InChI=1S/C17H26ClNO/c1-12(2)16(13-5-7-14(18)8-6-13)19-15-9-10-20-17(3,4)11-15/h5-8,12,15-16,19H,9-11H2,1-4H3. The minimum Gasteiger partial charge on any atom is -0.375 e. The lowest BCUT2D eigenvalue weighted by Crippen LogP contribution is -2.45. The first-order chi connectivity index (χ1) is 9.37. The van der Waals surface area contributed by atoms with Gasteiger partial charge in [0.15, 0.2) is 0 Å². The molecule has 0 radical (unpaired) electrons. The Bertz CT molecular complexity index is 427. The van der Waals surface area contributed by atoms with Gasteiger partial charge < -0.3 is 10.1 Å². The highest BCUT2D eigenvalue weighted by atomic mass is 35.5. The summed E-state index contributed by atoms with van der Waals surface area (Å²) >= 11 is 5.99.